The highest BCUT2D eigenvalue weighted by Crippen LogP contribution is 2.40. The highest BCUT2D eigenvalue weighted by atomic mass is 16.2. The van der Waals surface area contributed by atoms with E-state index in [-0.39, 0.29) is 5.91 Å². The summed E-state index contributed by atoms with van der Waals surface area (Å²) in [7, 11) is 2.07. The van der Waals surface area contributed by atoms with E-state index in [1.165, 1.54) is 18.7 Å². The summed E-state index contributed by atoms with van der Waals surface area (Å²) in [4.78, 5) is 19.1. The maximum Gasteiger partial charge on any atom is 0.253 e. The molecule has 0 unspecified atom stereocenters. The Balaban J connectivity index is 1.72. The van der Waals surface area contributed by atoms with Crippen molar-refractivity contribution in [2.24, 2.45) is 7.05 Å². The first-order valence-electron chi connectivity index (χ1n) is 7.50. The van der Waals surface area contributed by atoms with Crippen LogP contribution in [0.4, 0.5) is 0 Å². The minimum Gasteiger partial charge on any atom is -0.339 e. The number of carbonyl (C=O) groups excluding carboxylic acids is 1. The van der Waals surface area contributed by atoms with Crippen molar-refractivity contribution >= 4 is 16.9 Å². The molecule has 104 valence electrons. The number of likely N-dealkylation sites (tertiary alicyclic amines) is 1. The lowest BCUT2D eigenvalue weighted by molar-refractivity contribution is 0.0793. The minimum absolute atomic E-state index is 0.156. The highest BCUT2D eigenvalue weighted by molar-refractivity contribution is 5.97. The number of nitrogens with zero attached hydrogens (tertiary/aromatic N) is 3. The monoisotopic (exact) mass is 269 g/mol. The molecule has 4 heteroatoms. The van der Waals surface area contributed by atoms with Crippen molar-refractivity contribution < 1.29 is 4.79 Å². The second-order valence-corrected chi connectivity index (χ2v) is 6.01. The molecule has 2 heterocycles. The smallest absolute Gasteiger partial charge is 0.253 e. The van der Waals surface area contributed by atoms with E-state index in [1.807, 2.05) is 23.1 Å². The van der Waals surface area contributed by atoms with Gasteiger partial charge in [-0.2, -0.15) is 0 Å². The molecule has 1 aliphatic heterocycles. The molecule has 0 radical (unpaired) electrons. The number of fused-ring (bicyclic) bond motifs is 1. The van der Waals surface area contributed by atoms with Crippen molar-refractivity contribution in [1.82, 2.24) is 14.5 Å². The number of imidazole rings is 1. The Morgan fingerprint density at radius 3 is 2.70 bits per heavy atom. The predicted octanol–water partition coefficient (Wildman–Crippen LogP) is 2.69. The van der Waals surface area contributed by atoms with Gasteiger partial charge in [0.25, 0.3) is 5.91 Å². The summed E-state index contributed by atoms with van der Waals surface area (Å²) >= 11 is 0. The van der Waals surface area contributed by atoms with E-state index >= 15 is 0 Å². The molecule has 0 bridgehead atoms. The molecule has 4 nitrogen and oxygen atoms in total. The van der Waals surface area contributed by atoms with E-state index in [1.54, 1.807) is 0 Å². The molecular formula is C16H19N3O. The van der Waals surface area contributed by atoms with Crippen LogP contribution < -0.4 is 0 Å². The number of aromatic nitrogens is 2. The molecule has 0 N–H and O–H groups in total. The molecule has 1 aromatic carbocycles. The molecular weight excluding hydrogens is 250 g/mol. The molecule has 0 atom stereocenters. The van der Waals surface area contributed by atoms with Crippen molar-refractivity contribution in [1.29, 1.82) is 0 Å². The minimum atomic E-state index is 0.156. The van der Waals surface area contributed by atoms with Crippen LogP contribution in [-0.2, 0) is 7.05 Å². The number of aryl methyl sites for hydroxylation is 1. The number of hydrogen-bond donors (Lipinski definition) is 0. The molecule has 2 aliphatic rings. The first kappa shape index (κ1) is 11.9. The lowest BCUT2D eigenvalue weighted by Gasteiger charge is -2.14. The number of carbonyl (C=O) groups is 1. The zero-order valence-electron chi connectivity index (χ0n) is 11.8. The van der Waals surface area contributed by atoms with E-state index in [9.17, 15) is 4.79 Å². The van der Waals surface area contributed by atoms with Crippen LogP contribution in [-0.4, -0.2) is 33.4 Å². The Kier molecular flexibility index (Phi) is 2.59. The standard InChI is InChI=1S/C16H19N3O/c1-18-14-7-6-12(16(20)19-8-2-3-9-19)10-13(14)17-15(18)11-4-5-11/h6-7,10-11H,2-5,8-9H2,1H3. The summed E-state index contributed by atoms with van der Waals surface area (Å²) in [5.41, 5.74) is 2.86. The molecule has 20 heavy (non-hydrogen) atoms. The molecule has 0 spiro atoms. The zero-order valence-corrected chi connectivity index (χ0v) is 11.8. The number of benzene rings is 1. The van der Waals surface area contributed by atoms with E-state index in [4.69, 9.17) is 4.98 Å². The van der Waals surface area contributed by atoms with Gasteiger partial charge in [-0.15, -0.1) is 0 Å². The first-order chi connectivity index (χ1) is 9.74. The Morgan fingerprint density at radius 1 is 1.25 bits per heavy atom. The average Bonchev–Trinajstić information content (AvgIpc) is 3.05. The third kappa shape index (κ3) is 1.82. The van der Waals surface area contributed by atoms with E-state index in [2.05, 4.69) is 11.6 Å². The third-order valence-electron chi connectivity index (χ3n) is 4.50. The molecule has 4 rings (SSSR count). The van der Waals surface area contributed by atoms with E-state index in [0.29, 0.717) is 5.92 Å². The van der Waals surface area contributed by atoms with Gasteiger partial charge in [-0.1, -0.05) is 0 Å². The lowest BCUT2D eigenvalue weighted by atomic mass is 10.2. The highest BCUT2D eigenvalue weighted by Gasteiger charge is 2.29. The maximum atomic E-state index is 12.4. The van der Waals surface area contributed by atoms with Crippen LogP contribution in [0.1, 0.15) is 47.8 Å². The molecule has 2 aromatic rings. The van der Waals surface area contributed by atoms with Crippen molar-refractivity contribution in [2.75, 3.05) is 13.1 Å². The van der Waals surface area contributed by atoms with Crippen LogP contribution in [0, 0.1) is 0 Å². The van der Waals surface area contributed by atoms with Gasteiger partial charge in [-0.25, -0.2) is 4.98 Å². The molecule has 2 fully saturated rings. The van der Waals surface area contributed by atoms with Gasteiger partial charge in [0.05, 0.1) is 11.0 Å². The van der Waals surface area contributed by atoms with Crippen LogP contribution in [0.3, 0.4) is 0 Å². The van der Waals surface area contributed by atoms with Crippen LogP contribution in [0.25, 0.3) is 11.0 Å². The molecule has 1 amide bonds. The third-order valence-corrected chi connectivity index (χ3v) is 4.50. The maximum absolute atomic E-state index is 12.4. The van der Waals surface area contributed by atoms with Crippen molar-refractivity contribution in [3.05, 3.63) is 29.6 Å². The molecule has 1 saturated carbocycles. The molecule has 1 saturated heterocycles. The fourth-order valence-corrected chi connectivity index (χ4v) is 3.16. The summed E-state index contributed by atoms with van der Waals surface area (Å²) < 4.78 is 2.18. The second-order valence-electron chi connectivity index (χ2n) is 6.01. The SMILES string of the molecule is Cn1c(C2CC2)nc2cc(C(=O)N3CCCC3)ccc21. The quantitative estimate of drug-likeness (QED) is 0.840. The normalized spacial score (nSPS) is 18.9. The summed E-state index contributed by atoms with van der Waals surface area (Å²) in [6, 6.07) is 5.95. The van der Waals surface area contributed by atoms with Gasteiger partial charge in [0, 0.05) is 31.6 Å². The number of hydrogen-bond acceptors (Lipinski definition) is 2. The fraction of sp³-hybridized carbons (Fsp3) is 0.500. The summed E-state index contributed by atoms with van der Waals surface area (Å²) in [6.07, 6.45) is 4.75. The second kappa shape index (κ2) is 4.33. The fourth-order valence-electron chi connectivity index (χ4n) is 3.16. The molecule has 1 aromatic heterocycles. The van der Waals surface area contributed by atoms with Crippen LogP contribution in [0.15, 0.2) is 18.2 Å². The van der Waals surface area contributed by atoms with Crippen molar-refractivity contribution in [2.45, 2.75) is 31.6 Å². The topological polar surface area (TPSA) is 38.1 Å². The van der Waals surface area contributed by atoms with Crippen LogP contribution in [0.2, 0.25) is 0 Å². The average molecular weight is 269 g/mol. The largest absolute Gasteiger partial charge is 0.339 e. The van der Waals surface area contributed by atoms with Crippen LogP contribution >= 0.6 is 0 Å². The van der Waals surface area contributed by atoms with E-state index in [0.717, 1.165) is 42.5 Å². The molecule has 1 aliphatic carbocycles. The van der Waals surface area contributed by atoms with Gasteiger partial charge in [-0.3, -0.25) is 4.79 Å². The lowest BCUT2D eigenvalue weighted by Crippen LogP contribution is -2.27. The van der Waals surface area contributed by atoms with Crippen molar-refractivity contribution in [3.8, 4) is 0 Å². The summed E-state index contributed by atoms with van der Waals surface area (Å²) in [5, 5.41) is 0. The van der Waals surface area contributed by atoms with Crippen LogP contribution in [0.5, 0.6) is 0 Å². The first-order valence-corrected chi connectivity index (χ1v) is 7.50. The summed E-state index contributed by atoms with van der Waals surface area (Å²) in [6.45, 7) is 1.79. The Bertz CT molecular complexity index is 678. The zero-order chi connectivity index (χ0) is 13.7. The van der Waals surface area contributed by atoms with Gasteiger partial charge in [0.15, 0.2) is 0 Å². The van der Waals surface area contributed by atoms with E-state index < -0.39 is 0 Å². The van der Waals surface area contributed by atoms with Crippen molar-refractivity contribution in [3.63, 3.8) is 0 Å². The van der Waals surface area contributed by atoms with Gasteiger partial charge >= 0.3 is 0 Å². The van der Waals surface area contributed by atoms with Gasteiger partial charge in [0.2, 0.25) is 0 Å². The summed E-state index contributed by atoms with van der Waals surface area (Å²) in [5.74, 6) is 1.96. The predicted molar refractivity (Wildman–Crippen MR) is 77.8 cm³/mol. The Morgan fingerprint density at radius 2 is 2.00 bits per heavy atom. The number of rotatable bonds is 2. The van der Waals surface area contributed by atoms with Gasteiger partial charge in [0.1, 0.15) is 5.82 Å². The Hall–Kier alpha value is -1.84. The Labute approximate surface area is 118 Å². The number of amides is 1. The van der Waals surface area contributed by atoms with Gasteiger partial charge in [-0.05, 0) is 43.9 Å². The van der Waals surface area contributed by atoms with Gasteiger partial charge < -0.3 is 9.47 Å².